The van der Waals surface area contributed by atoms with Crippen LogP contribution in [0, 0.1) is 6.92 Å². The molecule has 1 aromatic carbocycles. The molecule has 1 N–H and O–H groups in total. The number of nitrogens with one attached hydrogen (secondary N) is 1. The van der Waals surface area contributed by atoms with Crippen LogP contribution < -0.4 is 5.32 Å². The molecular formula is C16H24N2S. The predicted octanol–water partition coefficient (Wildman–Crippen LogP) is 3.81. The van der Waals surface area contributed by atoms with Crippen molar-refractivity contribution < 1.29 is 0 Å². The molecule has 1 heterocycles. The van der Waals surface area contributed by atoms with Gasteiger partial charge in [-0.1, -0.05) is 25.1 Å². The Labute approximate surface area is 120 Å². The maximum absolute atomic E-state index is 3.63. The van der Waals surface area contributed by atoms with Crippen molar-refractivity contribution in [2.24, 2.45) is 0 Å². The number of nitrogens with zero attached hydrogens (tertiary/aromatic N) is 1. The van der Waals surface area contributed by atoms with Crippen molar-refractivity contribution in [1.29, 1.82) is 0 Å². The lowest BCUT2D eigenvalue weighted by Gasteiger charge is -2.17. The van der Waals surface area contributed by atoms with Crippen molar-refractivity contribution in [3.63, 3.8) is 0 Å². The molecule has 0 saturated carbocycles. The molecule has 0 aliphatic carbocycles. The summed E-state index contributed by atoms with van der Waals surface area (Å²) >= 11 is 1.92. The third kappa shape index (κ3) is 3.35. The SMILES string of the molecule is CCN(C)CCNC(C)c1sc2ccccc2c1C. The molecule has 1 aromatic heterocycles. The Balaban J connectivity index is 2.05. The highest BCUT2D eigenvalue weighted by Gasteiger charge is 2.13. The molecule has 0 aliphatic heterocycles. The minimum absolute atomic E-state index is 0.433. The van der Waals surface area contributed by atoms with E-state index in [9.17, 15) is 0 Å². The van der Waals surface area contributed by atoms with Gasteiger partial charge in [0.2, 0.25) is 0 Å². The molecule has 0 bridgehead atoms. The number of likely N-dealkylation sites (N-methyl/N-ethyl adjacent to an activating group) is 1. The van der Waals surface area contributed by atoms with Gasteiger partial charge >= 0.3 is 0 Å². The zero-order chi connectivity index (χ0) is 13.8. The minimum atomic E-state index is 0.433. The fraction of sp³-hybridized carbons (Fsp3) is 0.500. The molecule has 2 nitrogen and oxygen atoms in total. The second kappa shape index (κ2) is 6.51. The third-order valence-electron chi connectivity index (χ3n) is 3.76. The Kier molecular flexibility index (Phi) is 4.97. The zero-order valence-electron chi connectivity index (χ0n) is 12.4. The lowest BCUT2D eigenvalue weighted by atomic mass is 10.1. The molecule has 0 radical (unpaired) electrons. The molecular weight excluding hydrogens is 252 g/mol. The highest BCUT2D eigenvalue weighted by molar-refractivity contribution is 7.19. The molecule has 0 fully saturated rings. The number of thiophene rings is 1. The second-order valence-electron chi connectivity index (χ2n) is 5.16. The number of fused-ring (bicyclic) bond motifs is 1. The topological polar surface area (TPSA) is 15.3 Å². The number of hydrogen-bond acceptors (Lipinski definition) is 3. The predicted molar refractivity (Wildman–Crippen MR) is 86.2 cm³/mol. The average molecular weight is 276 g/mol. The van der Waals surface area contributed by atoms with Crippen LogP contribution in [-0.2, 0) is 0 Å². The molecule has 0 aliphatic rings. The first-order chi connectivity index (χ1) is 9.13. The van der Waals surface area contributed by atoms with Gasteiger partial charge in [0.1, 0.15) is 0 Å². The molecule has 0 spiro atoms. The van der Waals surface area contributed by atoms with E-state index in [-0.39, 0.29) is 0 Å². The summed E-state index contributed by atoms with van der Waals surface area (Å²) in [7, 11) is 2.16. The summed E-state index contributed by atoms with van der Waals surface area (Å²) in [6, 6.07) is 9.12. The van der Waals surface area contributed by atoms with E-state index in [2.05, 4.69) is 62.3 Å². The third-order valence-corrected chi connectivity index (χ3v) is 5.21. The monoisotopic (exact) mass is 276 g/mol. The standard InChI is InChI=1S/C16H24N2S/c1-5-18(4)11-10-17-13(3)16-12(2)14-8-6-7-9-15(14)19-16/h6-9,13,17H,5,10-11H2,1-4H3. The van der Waals surface area contributed by atoms with E-state index in [1.165, 1.54) is 20.5 Å². The van der Waals surface area contributed by atoms with Crippen molar-refractivity contribution in [3.8, 4) is 0 Å². The maximum Gasteiger partial charge on any atom is 0.0389 e. The van der Waals surface area contributed by atoms with E-state index in [0.29, 0.717) is 6.04 Å². The van der Waals surface area contributed by atoms with E-state index in [1.807, 2.05) is 11.3 Å². The minimum Gasteiger partial charge on any atom is -0.308 e. The molecule has 19 heavy (non-hydrogen) atoms. The first-order valence-electron chi connectivity index (χ1n) is 7.03. The van der Waals surface area contributed by atoms with Gasteiger partial charge in [-0.3, -0.25) is 0 Å². The van der Waals surface area contributed by atoms with Crippen LogP contribution in [0.4, 0.5) is 0 Å². The molecule has 1 unspecified atom stereocenters. The van der Waals surface area contributed by atoms with Crippen LogP contribution in [0.5, 0.6) is 0 Å². The Morgan fingerprint density at radius 1 is 1.32 bits per heavy atom. The summed E-state index contributed by atoms with van der Waals surface area (Å²) < 4.78 is 1.40. The van der Waals surface area contributed by atoms with Crippen molar-refractivity contribution in [1.82, 2.24) is 10.2 Å². The summed E-state index contributed by atoms with van der Waals surface area (Å²) in [5.74, 6) is 0. The van der Waals surface area contributed by atoms with Crippen LogP contribution in [0.2, 0.25) is 0 Å². The van der Waals surface area contributed by atoms with Gasteiger partial charge in [-0.15, -0.1) is 11.3 Å². The van der Waals surface area contributed by atoms with Gasteiger partial charge in [-0.25, -0.2) is 0 Å². The van der Waals surface area contributed by atoms with Gasteiger partial charge in [-0.05, 0) is 44.5 Å². The number of rotatable bonds is 6. The number of benzene rings is 1. The summed E-state index contributed by atoms with van der Waals surface area (Å²) in [6.45, 7) is 9.95. The van der Waals surface area contributed by atoms with Crippen LogP contribution in [0.15, 0.2) is 24.3 Å². The van der Waals surface area contributed by atoms with Crippen LogP contribution in [0.1, 0.15) is 30.3 Å². The molecule has 1 atom stereocenters. The summed E-state index contributed by atoms with van der Waals surface area (Å²) in [5, 5.41) is 5.04. The highest BCUT2D eigenvalue weighted by atomic mass is 32.1. The van der Waals surface area contributed by atoms with Gasteiger partial charge in [0.25, 0.3) is 0 Å². The lowest BCUT2D eigenvalue weighted by molar-refractivity contribution is 0.342. The first-order valence-corrected chi connectivity index (χ1v) is 7.85. The van der Waals surface area contributed by atoms with Crippen LogP contribution >= 0.6 is 11.3 Å². The quantitative estimate of drug-likeness (QED) is 0.863. The first kappa shape index (κ1) is 14.5. The smallest absolute Gasteiger partial charge is 0.0389 e. The normalized spacial score (nSPS) is 13.3. The molecule has 0 amide bonds. The summed E-state index contributed by atoms with van der Waals surface area (Å²) in [4.78, 5) is 3.80. The van der Waals surface area contributed by atoms with Crippen molar-refractivity contribution in [2.45, 2.75) is 26.8 Å². The fourth-order valence-corrected chi connectivity index (χ4v) is 3.57. The van der Waals surface area contributed by atoms with Gasteiger partial charge < -0.3 is 10.2 Å². The summed E-state index contributed by atoms with van der Waals surface area (Å²) in [5.41, 5.74) is 1.43. The summed E-state index contributed by atoms with van der Waals surface area (Å²) in [6.07, 6.45) is 0. The van der Waals surface area contributed by atoms with Crippen molar-refractivity contribution in [2.75, 3.05) is 26.7 Å². The number of hydrogen-bond donors (Lipinski definition) is 1. The van der Waals surface area contributed by atoms with Gasteiger partial charge in [0, 0.05) is 28.7 Å². The van der Waals surface area contributed by atoms with Crippen LogP contribution in [0.3, 0.4) is 0 Å². The van der Waals surface area contributed by atoms with Crippen molar-refractivity contribution >= 4 is 21.4 Å². The van der Waals surface area contributed by atoms with Gasteiger partial charge in [0.15, 0.2) is 0 Å². The number of aryl methyl sites for hydroxylation is 1. The Morgan fingerprint density at radius 2 is 2.05 bits per heavy atom. The van der Waals surface area contributed by atoms with E-state index < -0.39 is 0 Å². The van der Waals surface area contributed by atoms with Gasteiger partial charge in [0.05, 0.1) is 0 Å². The van der Waals surface area contributed by atoms with E-state index >= 15 is 0 Å². The van der Waals surface area contributed by atoms with E-state index in [1.54, 1.807) is 0 Å². The Bertz CT molecular complexity index is 533. The molecule has 0 saturated heterocycles. The zero-order valence-corrected chi connectivity index (χ0v) is 13.2. The van der Waals surface area contributed by atoms with Crippen molar-refractivity contribution in [3.05, 3.63) is 34.7 Å². The van der Waals surface area contributed by atoms with Crippen LogP contribution in [-0.4, -0.2) is 31.6 Å². The van der Waals surface area contributed by atoms with E-state index in [4.69, 9.17) is 0 Å². The molecule has 3 heteroatoms. The van der Waals surface area contributed by atoms with E-state index in [0.717, 1.165) is 19.6 Å². The molecule has 104 valence electrons. The van der Waals surface area contributed by atoms with Crippen LogP contribution in [0.25, 0.3) is 10.1 Å². The largest absolute Gasteiger partial charge is 0.308 e. The Morgan fingerprint density at radius 3 is 2.74 bits per heavy atom. The maximum atomic E-state index is 3.63. The lowest BCUT2D eigenvalue weighted by Crippen LogP contribution is -2.30. The Hall–Kier alpha value is -0.900. The molecule has 2 aromatic rings. The van der Waals surface area contributed by atoms with Gasteiger partial charge in [-0.2, -0.15) is 0 Å². The molecule has 2 rings (SSSR count). The second-order valence-corrected chi connectivity index (χ2v) is 6.24. The highest BCUT2D eigenvalue weighted by Crippen LogP contribution is 2.34. The fourth-order valence-electron chi connectivity index (χ4n) is 2.33. The average Bonchev–Trinajstić information content (AvgIpc) is 2.76.